The molecule has 1 aliphatic heterocycles. The standard InChI is InChI=1S/C25H23F4N3O2S/c1-31(2)10-3-11-32-23(33)22(35-24(32)34)19(15-5-7-21-17(12-15)8-9-30-21)13-16-4-6-18(26)14-20(16)25(27,28)29/h4-9,12,14,33H,3,10-11,13H2,1-2H3. The molecule has 1 aliphatic rings. The minimum absolute atomic E-state index is 0.158. The summed E-state index contributed by atoms with van der Waals surface area (Å²) in [5.41, 5.74) is -0.138. The van der Waals surface area contributed by atoms with E-state index in [0.717, 1.165) is 29.0 Å². The minimum atomic E-state index is -4.77. The van der Waals surface area contributed by atoms with Crippen molar-refractivity contribution < 1.29 is 22.7 Å². The molecule has 0 atom stereocenters. The number of aromatic nitrogens is 1. The van der Waals surface area contributed by atoms with Crippen LogP contribution in [-0.4, -0.2) is 35.2 Å². The molecule has 0 bridgehead atoms. The summed E-state index contributed by atoms with van der Waals surface area (Å²) in [4.78, 5) is 18.7. The van der Waals surface area contributed by atoms with Crippen LogP contribution in [0.4, 0.5) is 17.6 Å². The highest BCUT2D eigenvalue weighted by Crippen LogP contribution is 2.36. The van der Waals surface area contributed by atoms with E-state index in [2.05, 4.69) is 4.99 Å². The normalized spacial score (nSPS) is 13.8. The predicted octanol–water partition coefficient (Wildman–Crippen LogP) is 3.77. The zero-order valence-electron chi connectivity index (χ0n) is 19.1. The molecule has 3 aromatic rings. The average molecular weight is 506 g/mol. The lowest BCUT2D eigenvalue weighted by Crippen LogP contribution is -2.18. The molecule has 10 heteroatoms. The van der Waals surface area contributed by atoms with E-state index >= 15 is 0 Å². The molecule has 0 unspecified atom stereocenters. The van der Waals surface area contributed by atoms with Crippen LogP contribution in [0.25, 0.3) is 11.6 Å². The van der Waals surface area contributed by atoms with Gasteiger partial charge in [0.1, 0.15) is 5.82 Å². The summed E-state index contributed by atoms with van der Waals surface area (Å²) in [5.74, 6) is -1.28. The van der Waals surface area contributed by atoms with Crippen LogP contribution in [0.15, 0.2) is 52.4 Å². The molecule has 0 amide bonds. The van der Waals surface area contributed by atoms with Gasteiger partial charge in [0.2, 0.25) is 5.88 Å². The SMILES string of the molecule is CN(C)CCCn1c(O)c(C(Cc2ccc(F)cc2C(F)(F)F)=c2ccc3c(c2)C=CN=3)sc1=O. The molecular weight excluding hydrogens is 482 g/mol. The van der Waals surface area contributed by atoms with Gasteiger partial charge in [0, 0.05) is 24.7 Å². The van der Waals surface area contributed by atoms with Crippen molar-refractivity contribution in [3.63, 3.8) is 0 Å². The maximum Gasteiger partial charge on any atom is 0.416 e. The second kappa shape index (κ2) is 9.79. The van der Waals surface area contributed by atoms with E-state index in [9.17, 15) is 27.5 Å². The van der Waals surface area contributed by atoms with E-state index in [1.807, 2.05) is 19.0 Å². The summed E-state index contributed by atoms with van der Waals surface area (Å²) in [6.45, 7) is 0.960. The molecule has 2 aromatic carbocycles. The third-order valence-electron chi connectivity index (χ3n) is 5.72. The zero-order chi connectivity index (χ0) is 25.3. The van der Waals surface area contributed by atoms with Crippen molar-refractivity contribution in [2.45, 2.75) is 25.6 Å². The third-order valence-corrected chi connectivity index (χ3v) is 6.75. The first-order chi connectivity index (χ1) is 16.5. The molecule has 1 N–H and O–H groups in total. The largest absolute Gasteiger partial charge is 0.493 e. The van der Waals surface area contributed by atoms with Crippen molar-refractivity contribution in [2.24, 2.45) is 4.99 Å². The molecule has 5 nitrogen and oxygen atoms in total. The van der Waals surface area contributed by atoms with Crippen LogP contribution in [-0.2, 0) is 19.1 Å². The smallest absolute Gasteiger partial charge is 0.416 e. The predicted molar refractivity (Wildman–Crippen MR) is 127 cm³/mol. The highest BCUT2D eigenvalue weighted by Gasteiger charge is 2.34. The van der Waals surface area contributed by atoms with Crippen LogP contribution < -0.4 is 15.4 Å². The summed E-state index contributed by atoms with van der Waals surface area (Å²) in [6.07, 6.45) is -1.04. The monoisotopic (exact) mass is 505 g/mol. The molecule has 0 radical (unpaired) electrons. The number of alkyl halides is 3. The number of benzene rings is 2. The molecule has 0 aliphatic carbocycles. The molecule has 0 spiro atoms. The number of nitrogens with zero attached hydrogens (tertiary/aromatic N) is 3. The molecule has 35 heavy (non-hydrogen) atoms. The topological polar surface area (TPSA) is 57.8 Å². The lowest BCUT2D eigenvalue weighted by atomic mass is 9.96. The molecule has 4 rings (SSSR count). The second-order valence-electron chi connectivity index (χ2n) is 8.50. The van der Waals surface area contributed by atoms with E-state index in [0.29, 0.717) is 35.2 Å². The van der Waals surface area contributed by atoms with Gasteiger partial charge in [0.15, 0.2) is 0 Å². The Kier molecular flexibility index (Phi) is 6.95. The van der Waals surface area contributed by atoms with Gasteiger partial charge in [-0.3, -0.25) is 14.4 Å². The number of rotatable bonds is 7. The van der Waals surface area contributed by atoms with E-state index in [1.54, 1.807) is 30.5 Å². The Morgan fingerprint density at radius 2 is 1.94 bits per heavy atom. The summed E-state index contributed by atoms with van der Waals surface area (Å²) >= 11 is 0.782. The third kappa shape index (κ3) is 5.38. The first-order valence-electron chi connectivity index (χ1n) is 10.9. The average Bonchev–Trinajstić information content (AvgIpc) is 3.36. The molecule has 0 saturated carbocycles. The van der Waals surface area contributed by atoms with Crippen LogP contribution in [0.1, 0.15) is 28.0 Å². The summed E-state index contributed by atoms with van der Waals surface area (Å²) < 4.78 is 56.1. The van der Waals surface area contributed by atoms with Gasteiger partial charge in [-0.1, -0.05) is 23.5 Å². The summed E-state index contributed by atoms with van der Waals surface area (Å²) in [5, 5.41) is 12.2. The van der Waals surface area contributed by atoms with Crippen molar-refractivity contribution in [1.82, 2.24) is 9.47 Å². The number of thiazole rings is 1. The lowest BCUT2D eigenvalue weighted by molar-refractivity contribution is -0.138. The van der Waals surface area contributed by atoms with E-state index in [4.69, 9.17) is 0 Å². The fraction of sp³-hybridized carbons (Fsp3) is 0.280. The fourth-order valence-electron chi connectivity index (χ4n) is 4.00. The Hall–Kier alpha value is -3.24. The molecular formula is C25H23F4N3O2S. The second-order valence-corrected chi connectivity index (χ2v) is 9.46. The van der Waals surface area contributed by atoms with Crippen molar-refractivity contribution in [3.8, 4) is 5.88 Å². The zero-order valence-corrected chi connectivity index (χ0v) is 19.9. The summed E-state index contributed by atoms with van der Waals surface area (Å²) in [6, 6.07) is 7.71. The number of hydrogen-bond acceptors (Lipinski definition) is 5. The molecule has 0 saturated heterocycles. The summed E-state index contributed by atoms with van der Waals surface area (Å²) in [7, 11) is 3.78. The quantitative estimate of drug-likeness (QED) is 0.498. The van der Waals surface area contributed by atoms with Gasteiger partial charge in [0.05, 0.1) is 15.8 Å². The van der Waals surface area contributed by atoms with Crippen molar-refractivity contribution in [1.29, 1.82) is 0 Å². The van der Waals surface area contributed by atoms with Gasteiger partial charge in [-0.15, -0.1) is 0 Å². The van der Waals surface area contributed by atoms with Crippen molar-refractivity contribution >= 4 is 23.0 Å². The number of halogens is 4. The Bertz CT molecular complexity index is 1470. The number of aromatic hydroxyl groups is 1. The van der Waals surface area contributed by atoms with Gasteiger partial charge in [-0.25, -0.2) is 4.39 Å². The Morgan fingerprint density at radius 3 is 2.66 bits per heavy atom. The first-order valence-corrected chi connectivity index (χ1v) is 11.7. The van der Waals surface area contributed by atoms with Crippen LogP contribution in [0.3, 0.4) is 0 Å². The van der Waals surface area contributed by atoms with Gasteiger partial charge in [-0.2, -0.15) is 13.2 Å². The Morgan fingerprint density at radius 1 is 1.17 bits per heavy atom. The maximum atomic E-state index is 13.7. The van der Waals surface area contributed by atoms with Gasteiger partial charge in [-0.05, 0) is 73.8 Å². The molecule has 2 heterocycles. The lowest BCUT2D eigenvalue weighted by Gasteiger charge is -2.15. The Balaban J connectivity index is 1.88. The fourth-order valence-corrected chi connectivity index (χ4v) is 4.97. The van der Waals surface area contributed by atoms with E-state index < -0.39 is 22.4 Å². The van der Waals surface area contributed by atoms with Gasteiger partial charge >= 0.3 is 11.0 Å². The van der Waals surface area contributed by atoms with Crippen molar-refractivity contribution in [3.05, 3.63) is 90.2 Å². The van der Waals surface area contributed by atoms with Gasteiger partial charge < -0.3 is 10.0 Å². The van der Waals surface area contributed by atoms with E-state index in [-0.39, 0.29) is 29.3 Å². The molecule has 0 fully saturated rings. The number of hydrogen-bond donors (Lipinski definition) is 1. The highest BCUT2D eigenvalue weighted by atomic mass is 32.1. The van der Waals surface area contributed by atoms with Crippen LogP contribution >= 0.6 is 11.3 Å². The van der Waals surface area contributed by atoms with Crippen LogP contribution in [0.5, 0.6) is 5.88 Å². The minimum Gasteiger partial charge on any atom is -0.493 e. The molecule has 1 aromatic heterocycles. The first kappa shape index (κ1) is 24.9. The van der Waals surface area contributed by atoms with Gasteiger partial charge in [0.25, 0.3) is 0 Å². The number of fused-ring (bicyclic) bond motifs is 1. The van der Waals surface area contributed by atoms with Crippen LogP contribution in [0, 0.1) is 5.82 Å². The van der Waals surface area contributed by atoms with Crippen molar-refractivity contribution in [2.75, 3.05) is 20.6 Å². The van der Waals surface area contributed by atoms with E-state index in [1.165, 1.54) is 4.57 Å². The Labute approximate surface area is 202 Å². The highest BCUT2D eigenvalue weighted by molar-refractivity contribution is 7.10. The maximum absolute atomic E-state index is 13.7. The molecule has 184 valence electrons. The van der Waals surface area contributed by atoms with Crippen LogP contribution in [0.2, 0.25) is 0 Å².